The molecule has 0 saturated heterocycles. The molecular formula is C20H12N2O4. The molecule has 0 aliphatic carbocycles. The van der Waals surface area contributed by atoms with Crippen LogP contribution in [0.4, 0.5) is 0 Å². The van der Waals surface area contributed by atoms with E-state index in [1.165, 1.54) is 0 Å². The van der Waals surface area contributed by atoms with Gasteiger partial charge in [-0.1, -0.05) is 0 Å². The van der Waals surface area contributed by atoms with Crippen LogP contribution in [-0.2, 0) is 0 Å². The maximum atomic E-state index is 5.53. The van der Waals surface area contributed by atoms with E-state index in [1.807, 2.05) is 24.3 Å². The van der Waals surface area contributed by atoms with Crippen LogP contribution in [0, 0.1) is 0 Å². The normalized spacial score (nSPS) is 15.1. The van der Waals surface area contributed by atoms with Gasteiger partial charge in [-0.3, -0.25) is 0 Å². The SMILES string of the molecule is c1c2c(cc3c1[nH]c1cc4c(cc13)[nH]c1cc3c(cc14)OCO3)OCO2. The van der Waals surface area contributed by atoms with Crippen molar-refractivity contribution in [3.05, 3.63) is 36.4 Å². The molecule has 0 amide bonds. The Bertz CT molecular complexity index is 1290. The van der Waals surface area contributed by atoms with Crippen molar-refractivity contribution < 1.29 is 18.9 Å². The lowest BCUT2D eigenvalue weighted by Gasteiger charge is -1.97. The first-order chi connectivity index (χ1) is 12.8. The molecule has 0 unspecified atom stereocenters. The van der Waals surface area contributed by atoms with Crippen LogP contribution in [0.5, 0.6) is 23.0 Å². The van der Waals surface area contributed by atoms with Gasteiger partial charge in [-0.15, -0.1) is 0 Å². The standard InChI is InChI=1S/C20H12N2O4/c1-9-11-3-17-19(25-7-23-17)5-15(11)22-14(9)2-10-12-4-18-20(26-8-24-18)6-16(12)21-13(1)10/h1-6,21-22H,7-8H2. The van der Waals surface area contributed by atoms with Gasteiger partial charge in [0, 0.05) is 44.7 Å². The Morgan fingerprint density at radius 1 is 0.462 bits per heavy atom. The van der Waals surface area contributed by atoms with E-state index in [9.17, 15) is 0 Å². The molecule has 7 rings (SSSR count). The summed E-state index contributed by atoms with van der Waals surface area (Å²) < 4.78 is 22.0. The first-order valence-electron chi connectivity index (χ1n) is 8.44. The molecule has 2 aliphatic rings. The molecule has 0 atom stereocenters. The summed E-state index contributed by atoms with van der Waals surface area (Å²) in [6, 6.07) is 12.4. The second-order valence-electron chi connectivity index (χ2n) is 6.70. The van der Waals surface area contributed by atoms with E-state index in [-0.39, 0.29) is 13.6 Å². The number of nitrogens with one attached hydrogen (secondary N) is 2. The minimum absolute atomic E-state index is 0.279. The fraction of sp³-hybridized carbons (Fsp3) is 0.100. The van der Waals surface area contributed by atoms with Gasteiger partial charge in [0.1, 0.15) is 0 Å². The van der Waals surface area contributed by atoms with Gasteiger partial charge in [-0.25, -0.2) is 0 Å². The third kappa shape index (κ3) is 1.48. The third-order valence-electron chi connectivity index (χ3n) is 5.30. The molecule has 2 N–H and O–H groups in total. The van der Waals surface area contributed by atoms with Crippen molar-refractivity contribution in [3.63, 3.8) is 0 Å². The van der Waals surface area contributed by atoms with Gasteiger partial charge in [0.2, 0.25) is 13.6 Å². The lowest BCUT2D eigenvalue weighted by Crippen LogP contribution is -1.92. The summed E-state index contributed by atoms with van der Waals surface area (Å²) in [5.74, 6) is 3.15. The molecule has 6 nitrogen and oxygen atoms in total. The molecule has 26 heavy (non-hydrogen) atoms. The highest BCUT2D eigenvalue weighted by molar-refractivity contribution is 6.17. The highest BCUT2D eigenvalue weighted by atomic mass is 16.7. The second kappa shape index (κ2) is 4.16. The molecule has 6 heteroatoms. The highest BCUT2D eigenvalue weighted by Gasteiger charge is 2.19. The van der Waals surface area contributed by atoms with Crippen LogP contribution < -0.4 is 18.9 Å². The van der Waals surface area contributed by atoms with Crippen LogP contribution in [-0.4, -0.2) is 23.6 Å². The summed E-state index contributed by atoms with van der Waals surface area (Å²) in [4.78, 5) is 7.00. The molecule has 5 aromatic rings. The van der Waals surface area contributed by atoms with Gasteiger partial charge in [-0.05, 0) is 24.3 Å². The summed E-state index contributed by atoms with van der Waals surface area (Å²) in [5.41, 5.74) is 4.24. The zero-order valence-electron chi connectivity index (χ0n) is 13.5. The first kappa shape index (κ1) is 12.8. The smallest absolute Gasteiger partial charge is 0.231 e. The van der Waals surface area contributed by atoms with Crippen LogP contribution in [0.25, 0.3) is 43.6 Å². The minimum Gasteiger partial charge on any atom is -0.454 e. The Kier molecular flexibility index (Phi) is 2.04. The number of fused-ring (bicyclic) bond motifs is 8. The van der Waals surface area contributed by atoms with Crippen molar-refractivity contribution in [1.29, 1.82) is 0 Å². The van der Waals surface area contributed by atoms with E-state index in [2.05, 4.69) is 22.1 Å². The molecule has 126 valence electrons. The van der Waals surface area contributed by atoms with Crippen LogP contribution in [0.15, 0.2) is 36.4 Å². The lowest BCUT2D eigenvalue weighted by molar-refractivity contribution is 0.173. The highest BCUT2D eigenvalue weighted by Crippen LogP contribution is 2.42. The Hall–Kier alpha value is -3.54. The number of aromatic nitrogens is 2. The Balaban J connectivity index is 1.58. The van der Waals surface area contributed by atoms with Crippen molar-refractivity contribution in [3.8, 4) is 23.0 Å². The largest absolute Gasteiger partial charge is 0.454 e. The number of benzene rings is 3. The predicted molar refractivity (Wildman–Crippen MR) is 97.4 cm³/mol. The number of aromatic amines is 2. The van der Waals surface area contributed by atoms with Crippen molar-refractivity contribution >= 4 is 43.6 Å². The molecule has 0 bridgehead atoms. The van der Waals surface area contributed by atoms with Crippen molar-refractivity contribution in [2.45, 2.75) is 0 Å². The van der Waals surface area contributed by atoms with E-state index < -0.39 is 0 Å². The molecule has 2 aromatic heterocycles. The molecular weight excluding hydrogens is 332 g/mol. The minimum atomic E-state index is 0.279. The Labute approximate surface area is 146 Å². The van der Waals surface area contributed by atoms with Crippen molar-refractivity contribution in [2.24, 2.45) is 0 Å². The van der Waals surface area contributed by atoms with Gasteiger partial charge >= 0.3 is 0 Å². The summed E-state index contributed by atoms with van der Waals surface area (Å²) in [6.07, 6.45) is 0. The number of rotatable bonds is 0. The van der Waals surface area contributed by atoms with Crippen molar-refractivity contribution in [2.75, 3.05) is 13.6 Å². The summed E-state index contributed by atoms with van der Waals surface area (Å²) in [7, 11) is 0. The van der Waals surface area contributed by atoms with E-state index in [0.717, 1.165) is 66.6 Å². The average Bonchev–Trinajstić information content (AvgIpc) is 3.40. The van der Waals surface area contributed by atoms with E-state index in [4.69, 9.17) is 18.9 Å². The van der Waals surface area contributed by atoms with Gasteiger partial charge in [0.15, 0.2) is 23.0 Å². The predicted octanol–water partition coefficient (Wildman–Crippen LogP) is 4.41. The van der Waals surface area contributed by atoms with Crippen LogP contribution >= 0.6 is 0 Å². The van der Waals surface area contributed by atoms with E-state index in [0.29, 0.717) is 0 Å². The summed E-state index contributed by atoms with van der Waals surface area (Å²) in [5, 5.41) is 4.55. The zero-order chi connectivity index (χ0) is 16.8. The molecule has 2 aliphatic heterocycles. The molecule has 3 aromatic carbocycles. The van der Waals surface area contributed by atoms with E-state index in [1.54, 1.807) is 0 Å². The summed E-state index contributed by atoms with van der Waals surface area (Å²) in [6.45, 7) is 0.557. The van der Waals surface area contributed by atoms with Gasteiger partial charge in [-0.2, -0.15) is 0 Å². The first-order valence-corrected chi connectivity index (χ1v) is 8.44. The topological polar surface area (TPSA) is 68.5 Å². The fourth-order valence-corrected chi connectivity index (χ4v) is 4.08. The molecule has 0 fully saturated rings. The van der Waals surface area contributed by atoms with Gasteiger partial charge in [0.25, 0.3) is 0 Å². The number of H-pyrrole nitrogens is 2. The molecule has 4 heterocycles. The number of ether oxygens (including phenoxy) is 4. The maximum Gasteiger partial charge on any atom is 0.231 e. The van der Waals surface area contributed by atoms with E-state index >= 15 is 0 Å². The van der Waals surface area contributed by atoms with Crippen LogP contribution in [0.2, 0.25) is 0 Å². The van der Waals surface area contributed by atoms with Crippen molar-refractivity contribution in [1.82, 2.24) is 9.97 Å². The zero-order valence-corrected chi connectivity index (χ0v) is 13.5. The average molecular weight is 344 g/mol. The lowest BCUT2D eigenvalue weighted by atomic mass is 10.1. The molecule has 0 spiro atoms. The van der Waals surface area contributed by atoms with Crippen LogP contribution in [0.3, 0.4) is 0 Å². The molecule has 0 radical (unpaired) electrons. The fourth-order valence-electron chi connectivity index (χ4n) is 4.08. The number of hydrogen-bond acceptors (Lipinski definition) is 4. The second-order valence-corrected chi connectivity index (χ2v) is 6.70. The van der Waals surface area contributed by atoms with Gasteiger partial charge < -0.3 is 28.9 Å². The molecule has 0 saturated carbocycles. The third-order valence-corrected chi connectivity index (χ3v) is 5.30. The Morgan fingerprint density at radius 3 is 1.27 bits per heavy atom. The quantitative estimate of drug-likeness (QED) is 0.436. The number of hydrogen-bond donors (Lipinski definition) is 2. The van der Waals surface area contributed by atoms with Crippen LogP contribution in [0.1, 0.15) is 0 Å². The summed E-state index contributed by atoms with van der Waals surface area (Å²) >= 11 is 0. The monoisotopic (exact) mass is 344 g/mol. The Morgan fingerprint density at radius 2 is 0.808 bits per heavy atom. The maximum absolute atomic E-state index is 5.53. The van der Waals surface area contributed by atoms with Gasteiger partial charge in [0.05, 0.1) is 11.0 Å².